The fourth-order valence-corrected chi connectivity index (χ4v) is 3.52. The molecule has 0 saturated carbocycles. The number of alkyl halides is 3. The molecule has 2 aromatic carbocycles. The van der Waals surface area contributed by atoms with E-state index in [1.807, 2.05) is 0 Å². The second-order valence-electron chi connectivity index (χ2n) is 7.77. The average Bonchev–Trinajstić information content (AvgIpc) is 3.12. The molecule has 0 spiro atoms. The second kappa shape index (κ2) is 9.24. The summed E-state index contributed by atoms with van der Waals surface area (Å²) < 4.78 is 73.8. The Labute approximate surface area is 196 Å². The van der Waals surface area contributed by atoms with Gasteiger partial charge in [0, 0.05) is 6.20 Å². The van der Waals surface area contributed by atoms with Crippen molar-refractivity contribution < 1.29 is 31.5 Å². The van der Waals surface area contributed by atoms with Crippen LogP contribution < -0.4 is 15.6 Å². The zero-order chi connectivity index (χ0) is 25.3. The summed E-state index contributed by atoms with van der Waals surface area (Å²) in [5, 5.41) is 0. The first-order valence-corrected chi connectivity index (χ1v) is 10.3. The maximum atomic E-state index is 14.0. The van der Waals surface area contributed by atoms with E-state index in [0.29, 0.717) is 11.3 Å². The number of nitrogens with zero attached hydrogens (tertiary/aromatic N) is 2. The van der Waals surface area contributed by atoms with Gasteiger partial charge in [-0.25, -0.2) is 13.8 Å². The van der Waals surface area contributed by atoms with Crippen LogP contribution in [0.2, 0.25) is 0 Å². The predicted molar refractivity (Wildman–Crippen MR) is 118 cm³/mol. The quantitative estimate of drug-likeness (QED) is 0.273. The summed E-state index contributed by atoms with van der Waals surface area (Å²) in [5.41, 5.74) is 5.06. The van der Waals surface area contributed by atoms with Crippen molar-refractivity contribution in [3.8, 4) is 5.75 Å². The van der Waals surface area contributed by atoms with Crippen LogP contribution in [0.3, 0.4) is 0 Å². The first-order valence-electron chi connectivity index (χ1n) is 10.3. The van der Waals surface area contributed by atoms with Crippen LogP contribution in [0.1, 0.15) is 32.9 Å². The Hall–Kier alpha value is -4.15. The van der Waals surface area contributed by atoms with E-state index in [1.165, 1.54) is 22.6 Å². The Bertz CT molecular complexity index is 1400. The van der Waals surface area contributed by atoms with Crippen LogP contribution in [-0.4, -0.2) is 15.3 Å². The van der Waals surface area contributed by atoms with Crippen molar-refractivity contribution in [2.24, 2.45) is 0 Å². The van der Waals surface area contributed by atoms with Gasteiger partial charge in [0.2, 0.25) is 0 Å². The molecule has 0 bridgehead atoms. The minimum absolute atomic E-state index is 0.0340. The highest BCUT2D eigenvalue weighted by Crippen LogP contribution is 2.30. The Kier molecular flexibility index (Phi) is 6.33. The third-order valence-electron chi connectivity index (χ3n) is 5.16. The number of carbonyl (C=O) groups excluding carboxylic acids is 1. The van der Waals surface area contributed by atoms with Gasteiger partial charge in [-0.15, -0.1) is 0 Å². The summed E-state index contributed by atoms with van der Waals surface area (Å²) in [7, 11) is 0. The first kappa shape index (κ1) is 24.0. The van der Waals surface area contributed by atoms with Gasteiger partial charge in [0.25, 0.3) is 5.91 Å². The molecule has 35 heavy (non-hydrogen) atoms. The number of aryl methyl sites for hydroxylation is 2. The van der Waals surface area contributed by atoms with Crippen molar-refractivity contribution in [1.29, 1.82) is 0 Å². The summed E-state index contributed by atoms with van der Waals surface area (Å²) in [6.45, 7) is 2.90. The Balaban J connectivity index is 1.59. The van der Waals surface area contributed by atoms with E-state index < -0.39 is 35.9 Å². The van der Waals surface area contributed by atoms with Gasteiger partial charge in [-0.3, -0.25) is 20.0 Å². The molecule has 4 rings (SSSR count). The molecular formula is C24H19F5N4O2. The van der Waals surface area contributed by atoms with E-state index >= 15 is 0 Å². The molecule has 0 fully saturated rings. The number of rotatable bonds is 6. The van der Waals surface area contributed by atoms with Crippen molar-refractivity contribution in [3.63, 3.8) is 0 Å². The van der Waals surface area contributed by atoms with Gasteiger partial charge in [-0.05, 0) is 55.8 Å². The maximum Gasteiger partial charge on any atom is 0.416 e. The highest BCUT2D eigenvalue weighted by atomic mass is 19.4. The average molecular weight is 490 g/mol. The molecule has 0 atom stereocenters. The highest BCUT2D eigenvalue weighted by Gasteiger charge is 2.30. The molecule has 0 unspecified atom stereocenters. The number of halogens is 5. The SMILES string of the molecule is Cc1cc(OCc2c(F)cccc2F)c2nc(C)c(C(=O)NNc3cccc(C(F)(F)F)c3)n2c1. The smallest absolute Gasteiger partial charge is 0.416 e. The standard InChI is InChI=1S/C24H19F5N4O2/c1-13-9-20(35-12-17-18(25)7-4-8-19(17)26)22-30-14(2)21(33(22)11-13)23(34)32-31-16-6-3-5-15(10-16)24(27,28)29/h3-11,31H,12H2,1-2H3,(H,32,34). The third-order valence-corrected chi connectivity index (χ3v) is 5.16. The largest absolute Gasteiger partial charge is 0.485 e. The zero-order valence-electron chi connectivity index (χ0n) is 18.5. The summed E-state index contributed by atoms with van der Waals surface area (Å²) in [6.07, 6.45) is -2.91. The number of nitrogens with one attached hydrogen (secondary N) is 2. The van der Waals surface area contributed by atoms with Crippen molar-refractivity contribution in [2.75, 3.05) is 5.43 Å². The normalized spacial score (nSPS) is 11.5. The monoisotopic (exact) mass is 490 g/mol. The minimum atomic E-state index is -4.53. The van der Waals surface area contributed by atoms with Crippen molar-refractivity contribution in [3.05, 3.63) is 94.4 Å². The van der Waals surface area contributed by atoms with E-state index in [2.05, 4.69) is 15.8 Å². The molecule has 4 aromatic rings. The number of fused-ring (bicyclic) bond motifs is 1. The number of hydrogen-bond acceptors (Lipinski definition) is 4. The van der Waals surface area contributed by atoms with Crippen molar-refractivity contribution in [2.45, 2.75) is 26.6 Å². The molecular weight excluding hydrogens is 471 g/mol. The van der Waals surface area contributed by atoms with Gasteiger partial charge in [-0.1, -0.05) is 12.1 Å². The van der Waals surface area contributed by atoms with Crippen LogP contribution in [0.15, 0.2) is 54.7 Å². The molecule has 0 saturated heterocycles. The number of hydrazine groups is 1. The fourth-order valence-electron chi connectivity index (χ4n) is 3.52. The number of amides is 1. The molecule has 2 heterocycles. The van der Waals surface area contributed by atoms with Gasteiger partial charge >= 0.3 is 6.18 Å². The van der Waals surface area contributed by atoms with Gasteiger partial charge in [0.1, 0.15) is 23.9 Å². The van der Waals surface area contributed by atoms with E-state index in [4.69, 9.17) is 4.74 Å². The zero-order valence-corrected chi connectivity index (χ0v) is 18.5. The maximum absolute atomic E-state index is 14.0. The van der Waals surface area contributed by atoms with Gasteiger partial charge < -0.3 is 4.74 Å². The Morgan fingerprint density at radius 2 is 1.74 bits per heavy atom. The lowest BCUT2D eigenvalue weighted by molar-refractivity contribution is -0.137. The summed E-state index contributed by atoms with van der Waals surface area (Å²) >= 11 is 0. The van der Waals surface area contributed by atoms with Crippen LogP contribution in [0.4, 0.5) is 27.6 Å². The molecule has 2 aromatic heterocycles. The lowest BCUT2D eigenvalue weighted by Crippen LogP contribution is -2.31. The number of ether oxygens (including phenoxy) is 1. The summed E-state index contributed by atoms with van der Waals surface area (Å²) in [5.74, 6) is -1.98. The second-order valence-corrected chi connectivity index (χ2v) is 7.77. The number of anilines is 1. The number of carbonyl (C=O) groups is 1. The summed E-state index contributed by atoms with van der Waals surface area (Å²) in [4.78, 5) is 17.2. The lowest BCUT2D eigenvalue weighted by Gasteiger charge is -2.13. The molecule has 0 aliphatic rings. The van der Waals surface area contributed by atoms with Crippen molar-refractivity contribution in [1.82, 2.24) is 14.8 Å². The van der Waals surface area contributed by atoms with Crippen LogP contribution in [0, 0.1) is 25.5 Å². The molecule has 6 nitrogen and oxygen atoms in total. The van der Waals surface area contributed by atoms with E-state index in [-0.39, 0.29) is 28.3 Å². The topological polar surface area (TPSA) is 67.7 Å². The molecule has 11 heteroatoms. The minimum Gasteiger partial charge on any atom is -0.485 e. The fraction of sp³-hybridized carbons (Fsp3) is 0.167. The first-order chi connectivity index (χ1) is 16.5. The molecule has 0 radical (unpaired) electrons. The van der Waals surface area contributed by atoms with Crippen LogP contribution >= 0.6 is 0 Å². The van der Waals surface area contributed by atoms with E-state index in [0.717, 1.165) is 24.3 Å². The lowest BCUT2D eigenvalue weighted by atomic mass is 10.2. The van der Waals surface area contributed by atoms with Gasteiger partial charge in [0.15, 0.2) is 11.4 Å². The molecule has 1 amide bonds. The predicted octanol–water partition coefficient (Wildman–Crippen LogP) is 5.58. The number of benzene rings is 2. The van der Waals surface area contributed by atoms with Crippen LogP contribution in [0.25, 0.3) is 5.65 Å². The van der Waals surface area contributed by atoms with Gasteiger partial charge in [-0.2, -0.15) is 13.2 Å². The number of hydrogen-bond donors (Lipinski definition) is 2. The number of aromatic nitrogens is 2. The molecule has 0 aliphatic heterocycles. The molecule has 0 aliphatic carbocycles. The van der Waals surface area contributed by atoms with Crippen LogP contribution in [0.5, 0.6) is 5.75 Å². The third kappa shape index (κ3) is 5.03. The van der Waals surface area contributed by atoms with E-state index in [9.17, 15) is 26.7 Å². The number of pyridine rings is 1. The Morgan fingerprint density at radius 3 is 2.43 bits per heavy atom. The Morgan fingerprint density at radius 1 is 1.06 bits per heavy atom. The van der Waals surface area contributed by atoms with Crippen LogP contribution in [-0.2, 0) is 12.8 Å². The van der Waals surface area contributed by atoms with E-state index in [1.54, 1.807) is 26.1 Å². The van der Waals surface area contributed by atoms with Gasteiger partial charge in [0.05, 0.1) is 22.5 Å². The molecule has 2 N–H and O–H groups in total. The molecule has 182 valence electrons. The van der Waals surface area contributed by atoms with Crippen molar-refractivity contribution >= 4 is 17.2 Å². The highest BCUT2D eigenvalue weighted by molar-refractivity contribution is 5.95. The number of imidazole rings is 1. The summed E-state index contributed by atoms with van der Waals surface area (Å²) in [6, 6.07) is 9.45.